The second-order valence-corrected chi connectivity index (χ2v) is 11.8. The quantitative estimate of drug-likeness (QED) is 0.241. The summed E-state index contributed by atoms with van der Waals surface area (Å²) in [5.74, 6) is -0.0420. The minimum atomic E-state index is -1.19. The lowest BCUT2D eigenvalue weighted by Gasteiger charge is -2.41. The number of hydrogen-bond donors (Lipinski definition) is 3. The van der Waals surface area contributed by atoms with Gasteiger partial charge in [0.2, 0.25) is 11.8 Å². The second kappa shape index (κ2) is 14.5. The van der Waals surface area contributed by atoms with Gasteiger partial charge in [0, 0.05) is 41.6 Å². The summed E-state index contributed by atoms with van der Waals surface area (Å²) in [5, 5.41) is 24.2. The highest BCUT2D eigenvalue weighted by Gasteiger charge is 2.42. The first-order valence-corrected chi connectivity index (χ1v) is 15.0. The fourth-order valence-corrected chi connectivity index (χ4v) is 6.27. The number of nitrogens with zero attached hydrogens (tertiary/aromatic N) is 1. The summed E-state index contributed by atoms with van der Waals surface area (Å²) in [5.41, 5.74) is 1.57. The topological polar surface area (TPSA) is 125 Å². The summed E-state index contributed by atoms with van der Waals surface area (Å²) in [7, 11) is 1.45. The molecule has 0 aromatic heterocycles. The number of ether oxygens (including phenoxy) is 2. The van der Waals surface area contributed by atoms with Gasteiger partial charge in [0.15, 0.2) is 11.5 Å². The highest BCUT2D eigenvalue weighted by molar-refractivity contribution is 14.1. The fourth-order valence-electron chi connectivity index (χ4n) is 5.39. The Morgan fingerprint density at radius 1 is 1.20 bits per heavy atom. The molecule has 0 aliphatic heterocycles. The summed E-state index contributed by atoms with van der Waals surface area (Å²) in [6.07, 6.45) is 3.63. The molecule has 1 saturated carbocycles. The number of aliphatic hydroxyl groups is 2. The van der Waals surface area contributed by atoms with E-state index in [1.807, 2.05) is 34.7 Å². The average molecular weight is 697 g/mol. The molecule has 220 valence electrons. The number of hydrogen-bond acceptors (Lipinski definition) is 7. The van der Waals surface area contributed by atoms with Crippen molar-refractivity contribution >= 4 is 52.3 Å². The number of carbonyl (C=O) groups is 3. The minimum absolute atomic E-state index is 0.0588. The van der Waals surface area contributed by atoms with Gasteiger partial charge in [-0.15, -0.1) is 0 Å². The lowest BCUT2D eigenvalue weighted by molar-refractivity contribution is -0.143. The molecule has 2 aromatic carbocycles. The van der Waals surface area contributed by atoms with Gasteiger partial charge in [0.1, 0.15) is 18.5 Å². The Bertz CT molecular complexity index is 1280. The zero-order valence-electron chi connectivity index (χ0n) is 22.7. The van der Waals surface area contributed by atoms with Crippen molar-refractivity contribution in [3.8, 4) is 11.5 Å². The monoisotopic (exact) mass is 696 g/mol. The van der Waals surface area contributed by atoms with Crippen molar-refractivity contribution in [1.82, 2.24) is 10.2 Å². The van der Waals surface area contributed by atoms with Crippen molar-refractivity contribution in [2.45, 2.75) is 56.9 Å². The molecule has 0 bridgehead atoms. The number of carbonyl (C=O) groups excluding carboxylic acids is 3. The molecule has 3 atom stereocenters. The largest absolute Gasteiger partial charge is 0.493 e. The van der Waals surface area contributed by atoms with Crippen molar-refractivity contribution in [3.63, 3.8) is 0 Å². The van der Waals surface area contributed by atoms with Crippen LogP contribution in [0.25, 0.3) is 0 Å². The van der Waals surface area contributed by atoms with Gasteiger partial charge in [-0.3, -0.25) is 14.4 Å². The molecular formula is C30H34ClIN2O7. The van der Waals surface area contributed by atoms with Gasteiger partial charge >= 0.3 is 0 Å². The van der Waals surface area contributed by atoms with Crippen LogP contribution in [-0.4, -0.2) is 71.7 Å². The molecule has 4 rings (SSSR count). The van der Waals surface area contributed by atoms with Crippen molar-refractivity contribution < 1.29 is 34.1 Å². The SMILES string of the molecule is COc1cc(C=O)cc(I)c1O[C@H]1C=C(C(=O)NCCO)C[C@@H](N(Cc2ccc(Cl)cc2)C(=O)C2CCCC2)[C@@H]1O. The third kappa shape index (κ3) is 7.59. The molecule has 3 N–H and O–H groups in total. The lowest BCUT2D eigenvalue weighted by Crippen LogP contribution is -2.55. The summed E-state index contributed by atoms with van der Waals surface area (Å²) in [6.45, 7) is 0.0526. The summed E-state index contributed by atoms with van der Waals surface area (Å²) >= 11 is 8.12. The minimum Gasteiger partial charge on any atom is -0.493 e. The van der Waals surface area contributed by atoms with Crippen LogP contribution in [0.2, 0.25) is 5.02 Å². The van der Waals surface area contributed by atoms with Gasteiger partial charge in [0.05, 0.1) is 23.3 Å². The first-order valence-electron chi connectivity index (χ1n) is 13.6. The number of aliphatic hydroxyl groups excluding tert-OH is 2. The number of aldehydes is 1. The van der Waals surface area contributed by atoms with E-state index in [-0.39, 0.29) is 37.9 Å². The summed E-state index contributed by atoms with van der Waals surface area (Å²) in [6, 6.07) is 9.58. The second-order valence-electron chi connectivity index (χ2n) is 10.2. The van der Waals surface area contributed by atoms with Gasteiger partial charge in [-0.25, -0.2) is 0 Å². The molecule has 2 aliphatic carbocycles. The van der Waals surface area contributed by atoms with E-state index in [9.17, 15) is 24.6 Å². The molecule has 2 aliphatic rings. The third-order valence-electron chi connectivity index (χ3n) is 7.51. The van der Waals surface area contributed by atoms with Crippen molar-refractivity contribution in [1.29, 1.82) is 0 Å². The maximum atomic E-state index is 13.9. The van der Waals surface area contributed by atoms with Gasteiger partial charge in [-0.1, -0.05) is 36.6 Å². The van der Waals surface area contributed by atoms with Gasteiger partial charge in [0.25, 0.3) is 0 Å². The summed E-state index contributed by atoms with van der Waals surface area (Å²) < 4.78 is 12.3. The van der Waals surface area contributed by atoms with Gasteiger partial charge in [-0.05, 0) is 71.3 Å². The number of rotatable bonds is 11. The van der Waals surface area contributed by atoms with Crippen LogP contribution in [0.1, 0.15) is 48.0 Å². The Balaban J connectivity index is 1.73. The van der Waals surface area contributed by atoms with E-state index < -0.39 is 24.2 Å². The van der Waals surface area contributed by atoms with Crippen molar-refractivity contribution in [3.05, 3.63) is 67.8 Å². The number of amides is 2. The maximum Gasteiger partial charge on any atom is 0.247 e. The molecule has 2 amide bonds. The molecule has 0 radical (unpaired) electrons. The number of nitrogens with one attached hydrogen (secondary N) is 1. The Hall–Kier alpha value is -2.67. The van der Waals surface area contributed by atoms with E-state index in [1.54, 1.807) is 29.2 Å². The standard InChI is InChI=1S/C30H34ClIN2O7/c1-40-26-13-19(17-36)12-23(32)28(26)41-25-15-21(29(38)33-10-11-35)14-24(27(25)37)34(30(39)20-4-2-3-5-20)16-18-6-8-22(31)9-7-18/h6-9,12-13,15,17,20,24-25,27,35,37H,2-5,10-11,14,16H2,1H3,(H,33,38)/t24-,25+,27+/m1/s1. The molecule has 0 spiro atoms. The number of methoxy groups -OCH3 is 1. The highest BCUT2D eigenvalue weighted by atomic mass is 127. The normalized spacial score (nSPS) is 20.7. The van der Waals surface area contributed by atoms with E-state index in [2.05, 4.69) is 5.32 Å². The van der Waals surface area contributed by atoms with E-state index in [4.69, 9.17) is 21.1 Å². The molecule has 41 heavy (non-hydrogen) atoms. The highest BCUT2D eigenvalue weighted by Crippen LogP contribution is 2.38. The van der Waals surface area contributed by atoms with Crippen LogP contribution < -0.4 is 14.8 Å². The van der Waals surface area contributed by atoms with E-state index in [0.717, 1.165) is 31.2 Å². The molecule has 0 unspecified atom stereocenters. The van der Waals surface area contributed by atoms with Crippen LogP contribution in [0.3, 0.4) is 0 Å². The van der Waals surface area contributed by atoms with E-state index in [0.29, 0.717) is 37.5 Å². The van der Waals surface area contributed by atoms with Crippen LogP contribution in [-0.2, 0) is 16.1 Å². The average Bonchev–Trinajstić information content (AvgIpc) is 3.52. The molecule has 11 heteroatoms. The van der Waals surface area contributed by atoms with Crippen molar-refractivity contribution in [2.75, 3.05) is 20.3 Å². The molecule has 9 nitrogen and oxygen atoms in total. The first-order chi connectivity index (χ1) is 19.7. The molecule has 0 saturated heterocycles. The van der Waals surface area contributed by atoms with Gasteiger partial charge in [-0.2, -0.15) is 0 Å². The zero-order chi connectivity index (χ0) is 29.5. The Labute approximate surface area is 258 Å². The van der Waals surface area contributed by atoms with Crippen LogP contribution >= 0.6 is 34.2 Å². The smallest absolute Gasteiger partial charge is 0.247 e. The zero-order valence-corrected chi connectivity index (χ0v) is 25.6. The Morgan fingerprint density at radius 3 is 2.54 bits per heavy atom. The van der Waals surface area contributed by atoms with Crippen LogP contribution in [0.15, 0.2) is 48.0 Å². The van der Waals surface area contributed by atoms with Crippen LogP contribution in [0.5, 0.6) is 11.5 Å². The molecular weight excluding hydrogens is 663 g/mol. The Kier molecular flexibility index (Phi) is 11.0. The van der Waals surface area contributed by atoms with Crippen LogP contribution in [0.4, 0.5) is 0 Å². The van der Waals surface area contributed by atoms with Crippen LogP contribution in [0, 0.1) is 9.49 Å². The van der Waals surface area contributed by atoms with Gasteiger partial charge < -0.3 is 29.9 Å². The first kappa shape index (κ1) is 31.3. The predicted molar refractivity (Wildman–Crippen MR) is 162 cm³/mol. The van der Waals surface area contributed by atoms with Crippen molar-refractivity contribution in [2.24, 2.45) is 5.92 Å². The third-order valence-corrected chi connectivity index (χ3v) is 8.56. The molecule has 1 fully saturated rings. The summed E-state index contributed by atoms with van der Waals surface area (Å²) in [4.78, 5) is 40.1. The fraction of sp³-hybridized carbons (Fsp3) is 0.433. The molecule has 0 heterocycles. The lowest BCUT2D eigenvalue weighted by atomic mass is 9.87. The number of benzene rings is 2. The molecule has 2 aromatic rings. The van der Waals surface area contributed by atoms with E-state index >= 15 is 0 Å². The number of halogens is 2. The predicted octanol–water partition coefficient (Wildman–Crippen LogP) is 3.90. The van der Waals surface area contributed by atoms with E-state index in [1.165, 1.54) is 13.2 Å². The Morgan fingerprint density at radius 2 is 1.90 bits per heavy atom. The maximum absolute atomic E-state index is 13.9.